The molecule has 0 spiro atoms. The van der Waals surface area contributed by atoms with Crippen molar-refractivity contribution < 1.29 is 18.0 Å². The van der Waals surface area contributed by atoms with Crippen LogP contribution in [-0.2, 0) is 12.7 Å². The zero-order valence-electron chi connectivity index (χ0n) is 15.0. The molecule has 0 aliphatic carbocycles. The van der Waals surface area contributed by atoms with Crippen molar-refractivity contribution in [2.24, 2.45) is 0 Å². The monoisotopic (exact) mass is 399 g/mol. The third-order valence-electron chi connectivity index (χ3n) is 4.51. The largest absolute Gasteiger partial charge is 0.445 e. The molecular formula is C17H20F3N5OS. The second kappa shape index (κ2) is 7.71. The van der Waals surface area contributed by atoms with Gasteiger partial charge in [0.25, 0.3) is 0 Å². The molecule has 2 amide bonds. The highest BCUT2D eigenvalue weighted by atomic mass is 32.1. The Morgan fingerprint density at radius 3 is 2.44 bits per heavy atom. The Balaban J connectivity index is 1.50. The van der Waals surface area contributed by atoms with Crippen molar-refractivity contribution in [1.82, 2.24) is 20.4 Å². The summed E-state index contributed by atoms with van der Waals surface area (Å²) < 4.78 is 37.9. The van der Waals surface area contributed by atoms with Crippen LogP contribution in [0.2, 0.25) is 0 Å². The number of halogens is 3. The highest BCUT2D eigenvalue weighted by Crippen LogP contribution is 2.34. The summed E-state index contributed by atoms with van der Waals surface area (Å²) >= 11 is 0.526. The Morgan fingerprint density at radius 2 is 1.85 bits per heavy atom. The number of carbonyl (C=O) groups excluding carboxylic acids is 1. The average molecular weight is 399 g/mol. The van der Waals surface area contributed by atoms with Gasteiger partial charge < -0.3 is 15.1 Å². The minimum absolute atomic E-state index is 0.180. The second-order valence-corrected chi connectivity index (χ2v) is 7.39. The Morgan fingerprint density at radius 1 is 1.15 bits per heavy atom. The van der Waals surface area contributed by atoms with E-state index in [4.69, 9.17) is 0 Å². The summed E-state index contributed by atoms with van der Waals surface area (Å²) in [6.07, 6.45) is -4.48. The minimum atomic E-state index is -4.48. The van der Waals surface area contributed by atoms with E-state index in [9.17, 15) is 18.0 Å². The lowest BCUT2D eigenvalue weighted by Crippen LogP contribution is -2.51. The first-order valence-corrected chi connectivity index (χ1v) is 9.30. The van der Waals surface area contributed by atoms with Crippen LogP contribution >= 0.6 is 11.3 Å². The zero-order valence-corrected chi connectivity index (χ0v) is 15.8. The van der Waals surface area contributed by atoms with Gasteiger partial charge in [0.2, 0.25) is 10.1 Å². The van der Waals surface area contributed by atoms with E-state index >= 15 is 0 Å². The van der Waals surface area contributed by atoms with Gasteiger partial charge in [0.05, 0.1) is 0 Å². The predicted octanol–water partition coefficient (Wildman–Crippen LogP) is 3.21. The van der Waals surface area contributed by atoms with Crippen LogP contribution in [0, 0.1) is 13.8 Å². The van der Waals surface area contributed by atoms with E-state index in [1.807, 2.05) is 32.0 Å². The maximum atomic E-state index is 12.6. The Labute approximate surface area is 159 Å². The number of nitrogens with one attached hydrogen (secondary N) is 1. The van der Waals surface area contributed by atoms with Gasteiger partial charge in [-0.25, -0.2) is 4.79 Å². The number of carbonyl (C=O) groups is 1. The normalized spacial score (nSPS) is 15.1. The van der Waals surface area contributed by atoms with E-state index in [0.29, 0.717) is 44.1 Å². The topological polar surface area (TPSA) is 61.4 Å². The number of nitrogens with zero attached hydrogens (tertiary/aromatic N) is 4. The van der Waals surface area contributed by atoms with Gasteiger partial charge in [-0.1, -0.05) is 29.5 Å². The summed E-state index contributed by atoms with van der Waals surface area (Å²) in [4.78, 5) is 15.7. The molecule has 2 aromatic rings. The molecule has 1 aliphatic heterocycles. The van der Waals surface area contributed by atoms with Crippen LogP contribution < -0.4 is 10.2 Å². The molecule has 2 heterocycles. The summed E-state index contributed by atoms with van der Waals surface area (Å²) in [5.74, 6) is 0. The van der Waals surface area contributed by atoms with Crippen LogP contribution in [0.4, 0.5) is 23.1 Å². The number of hydrogen-bond acceptors (Lipinski definition) is 5. The molecule has 1 aliphatic rings. The summed E-state index contributed by atoms with van der Waals surface area (Å²) in [6.45, 7) is 6.17. The SMILES string of the molecule is Cc1ccc(CNC(=O)N2CCN(c3nnc(C(F)(F)F)s3)CC2)cc1C. The molecule has 0 bridgehead atoms. The van der Waals surface area contributed by atoms with Gasteiger partial charge in [-0.05, 0) is 30.5 Å². The summed E-state index contributed by atoms with van der Waals surface area (Å²) in [6, 6.07) is 5.86. The zero-order chi connectivity index (χ0) is 19.6. The number of anilines is 1. The molecule has 3 rings (SSSR count). The summed E-state index contributed by atoms with van der Waals surface area (Å²) in [5.41, 5.74) is 3.40. The number of piperazine rings is 1. The molecule has 0 radical (unpaired) electrons. The maximum absolute atomic E-state index is 12.6. The van der Waals surface area contributed by atoms with Gasteiger partial charge >= 0.3 is 12.2 Å². The number of benzene rings is 1. The number of rotatable bonds is 3. The number of aryl methyl sites for hydroxylation is 2. The molecule has 27 heavy (non-hydrogen) atoms. The predicted molar refractivity (Wildman–Crippen MR) is 96.8 cm³/mol. The van der Waals surface area contributed by atoms with Crippen molar-refractivity contribution in [1.29, 1.82) is 0 Å². The Kier molecular flexibility index (Phi) is 5.54. The van der Waals surface area contributed by atoms with Crippen molar-refractivity contribution in [3.8, 4) is 0 Å². The second-order valence-electron chi connectivity index (χ2n) is 6.44. The van der Waals surface area contributed by atoms with E-state index < -0.39 is 11.2 Å². The highest BCUT2D eigenvalue weighted by Gasteiger charge is 2.36. The molecule has 1 aromatic carbocycles. The lowest BCUT2D eigenvalue weighted by Gasteiger charge is -2.34. The molecular weight excluding hydrogens is 379 g/mol. The molecule has 1 N–H and O–H groups in total. The maximum Gasteiger partial charge on any atom is 0.445 e. The van der Waals surface area contributed by atoms with E-state index in [-0.39, 0.29) is 11.2 Å². The fraction of sp³-hybridized carbons (Fsp3) is 0.471. The van der Waals surface area contributed by atoms with Gasteiger partial charge in [-0.15, -0.1) is 10.2 Å². The Hall–Kier alpha value is -2.36. The average Bonchev–Trinajstić information content (AvgIpc) is 3.13. The molecule has 146 valence electrons. The van der Waals surface area contributed by atoms with E-state index in [1.165, 1.54) is 11.1 Å². The van der Waals surface area contributed by atoms with Crippen LogP contribution in [0.15, 0.2) is 18.2 Å². The number of alkyl halides is 3. The number of amides is 2. The van der Waals surface area contributed by atoms with Gasteiger partial charge in [0, 0.05) is 32.7 Å². The van der Waals surface area contributed by atoms with Crippen LogP contribution in [0.25, 0.3) is 0 Å². The van der Waals surface area contributed by atoms with Crippen molar-refractivity contribution in [3.63, 3.8) is 0 Å². The van der Waals surface area contributed by atoms with Gasteiger partial charge in [0.1, 0.15) is 0 Å². The summed E-state index contributed by atoms with van der Waals surface area (Å²) in [5, 5.41) is 8.99. The first kappa shape index (κ1) is 19.4. The van der Waals surface area contributed by atoms with Crippen LogP contribution in [0.3, 0.4) is 0 Å². The molecule has 0 saturated carbocycles. The molecule has 1 aromatic heterocycles. The van der Waals surface area contributed by atoms with Crippen molar-refractivity contribution in [2.45, 2.75) is 26.6 Å². The Bertz CT molecular complexity index is 815. The molecule has 0 unspecified atom stereocenters. The standard InChI is InChI=1S/C17H20F3N5OS/c1-11-3-4-13(9-12(11)2)10-21-15(26)24-5-7-25(8-6-24)16-23-22-14(27-16)17(18,19)20/h3-4,9H,5-8,10H2,1-2H3,(H,21,26). The van der Waals surface area contributed by atoms with E-state index in [2.05, 4.69) is 15.5 Å². The quantitative estimate of drug-likeness (QED) is 0.861. The smallest absolute Gasteiger partial charge is 0.343 e. The molecule has 1 fully saturated rings. The fourth-order valence-electron chi connectivity index (χ4n) is 2.76. The van der Waals surface area contributed by atoms with Gasteiger partial charge in [0.15, 0.2) is 0 Å². The summed E-state index contributed by atoms with van der Waals surface area (Å²) in [7, 11) is 0. The molecule has 1 saturated heterocycles. The lowest BCUT2D eigenvalue weighted by molar-refractivity contribution is -0.138. The van der Waals surface area contributed by atoms with Gasteiger partial charge in [-0.2, -0.15) is 13.2 Å². The van der Waals surface area contributed by atoms with E-state index in [1.54, 1.807) is 9.80 Å². The van der Waals surface area contributed by atoms with Crippen molar-refractivity contribution in [2.75, 3.05) is 31.1 Å². The molecule has 10 heteroatoms. The minimum Gasteiger partial charge on any atom is -0.343 e. The molecule has 6 nitrogen and oxygen atoms in total. The lowest BCUT2D eigenvalue weighted by atomic mass is 10.1. The van der Waals surface area contributed by atoms with Crippen LogP contribution in [-0.4, -0.2) is 47.3 Å². The van der Waals surface area contributed by atoms with Crippen LogP contribution in [0.5, 0.6) is 0 Å². The fourth-order valence-corrected chi connectivity index (χ4v) is 3.53. The first-order chi connectivity index (χ1) is 12.7. The number of urea groups is 1. The third-order valence-corrected chi connectivity index (χ3v) is 5.54. The first-order valence-electron chi connectivity index (χ1n) is 8.48. The highest BCUT2D eigenvalue weighted by molar-refractivity contribution is 7.15. The van der Waals surface area contributed by atoms with Gasteiger partial charge in [-0.3, -0.25) is 0 Å². The van der Waals surface area contributed by atoms with Crippen molar-refractivity contribution >= 4 is 22.5 Å². The number of aromatic nitrogens is 2. The van der Waals surface area contributed by atoms with Crippen molar-refractivity contribution in [3.05, 3.63) is 39.9 Å². The number of hydrogen-bond donors (Lipinski definition) is 1. The third kappa shape index (κ3) is 4.68. The van der Waals surface area contributed by atoms with Crippen LogP contribution in [0.1, 0.15) is 21.7 Å². The molecule has 0 atom stereocenters. The van der Waals surface area contributed by atoms with E-state index in [0.717, 1.165) is 5.56 Å².